The molecule has 12 heteroatoms. The lowest BCUT2D eigenvalue weighted by atomic mass is 10.0. The Morgan fingerprint density at radius 2 is 2.03 bits per heavy atom. The summed E-state index contributed by atoms with van der Waals surface area (Å²) in [5, 5.41) is 25.1. The van der Waals surface area contributed by atoms with Crippen molar-refractivity contribution >= 4 is 57.2 Å². The van der Waals surface area contributed by atoms with Crippen LogP contribution < -0.4 is 0 Å². The number of hydrogen-bond donors (Lipinski definition) is 1. The first kappa shape index (κ1) is 21.0. The van der Waals surface area contributed by atoms with Gasteiger partial charge < -0.3 is 10.0 Å². The second-order valence-electron chi connectivity index (χ2n) is 7.06. The van der Waals surface area contributed by atoms with Crippen molar-refractivity contribution in [1.29, 1.82) is 0 Å². The van der Waals surface area contributed by atoms with Gasteiger partial charge in [0.15, 0.2) is 11.6 Å². The Morgan fingerprint density at radius 3 is 2.79 bits per heavy atom. The monoisotopic (exact) mass is 476 g/mol. The van der Waals surface area contributed by atoms with Gasteiger partial charge in [0.25, 0.3) is 17.5 Å². The molecule has 5 rings (SSSR count). The van der Waals surface area contributed by atoms with Crippen molar-refractivity contribution in [2.45, 2.75) is 0 Å². The Morgan fingerprint density at radius 1 is 1.21 bits per heavy atom. The number of hydrogen-bond acceptors (Lipinski definition) is 9. The zero-order chi connectivity index (χ0) is 22.8. The van der Waals surface area contributed by atoms with Crippen LogP contribution in [0.3, 0.4) is 0 Å². The number of amides is 1. The van der Waals surface area contributed by atoms with Crippen molar-refractivity contribution in [3.8, 4) is 11.7 Å². The van der Waals surface area contributed by atoms with Gasteiger partial charge in [0.1, 0.15) is 11.2 Å². The number of phenolic OH excluding ortho intramolecular Hbond substituents is 1. The molecule has 2 aromatic heterocycles. The van der Waals surface area contributed by atoms with E-state index in [9.17, 15) is 9.90 Å². The lowest BCUT2D eigenvalue weighted by Gasteiger charge is -2.27. The summed E-state index contributed by atoms with van der Waals surface area (Å²) in [6, 6.07) is 9.00. The van der Waals surface area contributed by atoms with E-state index in [4.69, 9.17) is 6.57 Å². The highest BCUT2D eigenvalue weighted by molar-refractivity contribution is 7.99. The molecular formula is C21H16N8O2S2. The second-order valence-corrected chi connectivity index (χ2v) is 8.88. The van der Waals surface area contributed by atoms with Crippen LogP contribution in [-0.2, 0) is 0 Å². The number of carbonyl (C=O) groups excluding carboxylic acids is 1. The number of azo groups is 1. The van der Waals surface area contributed by atoms with E-state index in [0.717, 1.165) is 28.4 Å². The molecule has 1 aliphatic rings. The van der Waals surface area contributed by atoms with Gasteiger partial charge in [-0.1, -0.05) is 24.3 Å². The van der Waals surface area contributed by atoms with Crippen LogP contribution in [0.5, 0.6) is 5.75 Å². The van der Waals surface area contributed by atoms with Gasteiger partial charge in [0, 0.05) is 30.0 Å². The Hall–Kier alpha value is -3.82. The third-order valence-corrected chi connectivity index (χ3v) is 6.56. The number of fused-ring (bicyclic) bond motifs is 1. The van der Waals surface area contributed by atoms with Crippen LogP contribution in [0.25, 0.3) is 21.6 Å². The molecule has 0 bridgehead atoms. The first-order valence-electron chi connectivity index (χ1n) is 9.93. The van der Waals surface area contributed by atoms with E-state index < -0.39 is 0 Å². The zero-order valence-electron chi connectivity index (χ0n) is 17.1. The summed E-state index contributed by atoms with van der Waals surface area (Å²) >= 11 is 2.94. The summed E-state index contributed by atoms with van der Waals surface area (Å²) in [5.41, 5.74) is 2.03. The molecule has 1 N–H and O–H groups in total. The quantitative estimate of drug-likeness (QED) is 0.336. The summed E-state index contributed by atoms with van der Waals surface area (Å²) in [7, 11) is 0. The average Bonchev–Trinajstić information content (AvgIpc) is 3.53. The van der Waals surface area contributed by atoms with Crippen LogP contribution in [-0.4, -0.2) is 59.6 Å². The van der Waals surface area contributed by atoms with Crippen LogP contribution in [0.15, 0.2) is 52.3 Å². The van der Waals surface area contributed by atoms with Crippen LogP contribution >= 0.6 is 23.3 Å². The largest absolute Gasteiger partial charge is 0.505 e. The normalized spacial score (nSPS) is 14.1. The topological polar surface area (TPSA) is 113 Å². The molecule has 0 radical (unpaired) electrons. The number of benzene rings is 2. The van der Waals surface area contributed by atoms with E-state index in [0.29, 0.717) is 18.5 Å². The van der Waals surface area contributed by atoms with E-state index in [2.05, 4.69) is 29.5 Å². The predicted molar refractivity (Wildman–Crippen MR) is 126 cm³/mol. The van der Waals surface area contributed by atoms with Crippen molar-refractivity contribution in [1.82, 2.24) is 24.0 Å². The molecule has 4 aromatic rings. The Balaban J connectivity index is 1.63. The van der Waals surface area contributed by atoms with Gasteiger partial charge in [-0.05, 0) is 23.0 Å². The third kappa shape index (κ3) is 3.92. The molecule has 1 fully saturated rings. The molecule has 0 unspecified atom stereocenters. The van der Waals surface area contributed by atoms with Crippen molar-refractivity contribution in [2.24, 2.45) is 10.2 Å². The standard InChI is InChI=1S/C21H16N8O2S2/c1-22-16-11-24-29(21-23-12-33-27-21)19(16)26-25-17-14-5-3-2-4-13(14)10-15(18(17)30)20(31)28-6-8-32-9-7-28/h2-5,10-12,30H,6-9H2. The fourth-order valence-corrected chi connectivity index (χ4v) is 4.84. The second kappa shape index (κ2) is 8.97. The molecule has 164 valence electrons. The molecule has 1 saturated heterocycles. The molecular weight excluding hydrogens is 460 g/mol. The van der Waals surface area contributed by atoms with Crippen LogP contribution in [0.4, 0.5) is 17.2 Å². The number of rotatable bonds is 4. The van der Waals surface area contributed by atoms with E-state index >= 15 is 0 Å². The minimum atomic E-state index is -0.247. The van der Waals surface area contributed by atoms with Gasteiger partial charge in [0.2, 0.25) is 0 Å². The maximum Gasteiger partial charge on any atom is 0.263 e. The number of aromatic hydroxyl groups is 1. The molecule has 10 nitrogen and oxygen atoms in total. The van der Waals surface area contributed by atoms with Gasteiger partial charge >= 0.3 is 0 Å². The molecule has 33 heavy (non-hydrogen) atoms. The molecule has 1 aliphatic heterocycles. The van der Waals surface area contributed by atoms with Gasteiger partial charge in [-0.25, -0.2) is 9.83 Å². The number of aromatic nitrogens is 4. The number of carbonyl (C=O) groups is 1. The molecule has 3 heterocycles. The van der Waals surface area contributed by atoms with Crippen LogP contribution in [0.2, 0.25) is 0 Å². The van der Waals surface area contributed by atoms with E-state index in [1.54, 1.807) is 34.3 Å². The summed E-state index contributed by atoms with van der Waals surface area (Å²) in [4.78, 5) is 22.5. The zero-order valence-corrected chi connectivity index (χ0v) is 18.8. The number of phenols is 1. The van der Waals surface area contributed by atoms with Gasteiger partial charge in [0.05, 0.1) is 18.3 Å². The lowest BCUT2D eigenvalue weighted by Crippen LogP contribution is -2.37. The summed E-state index contributed by atoms with van der Waals surface area (Å²) in [5.74, 6) is 1.64. The Kier molecular flexibility index (Phi) is 5.72. The fraction of sp³-hybridized carbons (Fsp3) is 0.190. The maximum atomic E-state index is 13.2. The van der Waals surface area contributed by atoms with Gasteiger partial charge in [-0.3, -0.25) is 4.79 Å². The van der Waals surface area contributed by atoms with Crippen molar-refractivity contribution in [3.05, 3.63) is 59.0 Å². The fourth-order valence-electron chi connectivity index (χ4n) is 3.53. The first-order chi connectivity index (χ1) is 16.2. The Labute approximate surface area is 196 Å². The third-order valence-electron chi connectivity index (χ3n) is 5.15. The van der Waals surface area contributed by atoms with E-state index in [1.165, 1.54) is 10.9 Å². The summed E-state index contributed by atoms with van der Waals surface area (Å²) < 4.78 is 5.44. The average molecular weight is 477 g/mol. The summed E-state index contributed by atoms with van der Waals surface area (Å²) in [6.45, 7) is 8.67. The smallest absolute Gasteiger partial charge is 0.263 e. The predicted octanol–water partition coefficient (Wildman–Crippen LogP) is 4.74. The summed E-state index contributed by atoms with van der Waals surface area (Å²) in [6.07, 6.45) is 1.36. The van der Waals surface area contributed by atoms with E-state index in [1.807, 2.05) is 18.2 Å². The minimum Gasteiger partial charge on any atom is -0.505 e. The molecule has 0 atom stereocenters. The molecule has 1 amide bonds. The van der Waals surface area contributed by atoms with Crippen LogP contribution in [0, 0.1) is 6.57 Å². The van der Waals surface area contributed by atoms with Gasteiger partial charge in [-0.15, -0.1) is 10.2 Å². The van der Waals surface area contributed by atoms with Gasteiger partial charge in [-0.2, -0.15) is 25.9 Å². The molecule has 0 spiro atoms. The lowest BCUT2D eigenvalue weighted by molar-refractivity contribution is 0.0769. The number of thioether (sulfide) groups is 1. The minimum absolute atomic E-state index is 0.136. The molecule has 0 aliphatic carbocycles. The number of nitrogens with zero attached hydrogens (tertiary/aromatic N) is 8. The van der Waals surface area contributed by atoms with Crippen molar-refractivity contribution < 1.29 is 9.90 Å². The van der Waals surface area contributed by atoms with Crippen molar-refractivity contribution in [2.75, 3.05) is 24.6 Å². The Bertz CT molecular complexity index is 1400. The highest BCUT2D eigenvalue weighted by Gasteiger charge is 2.24. The molecule has 0 saturated carbocycles. The van der Waals surface area contributed by atoms with Crippen LogP contribution in [0.1, 0.15) is 10.4 Å². The van der Waals surface area contributed by atoms with Crippen molar-refractivity contribution in [3.63, 3.8) is 0 Å². The highest BCUT2D eigenvalue weighted by atomic mass is 32.2. The maximum absolute atomic E-state index is 13.2. The highest BCUT2D eigenvalue weighted by Crippen LogP contribution is 2.41. The molecule has 2 aromatic carbocycles. The first-order valence-corrected chi connectivity index (χ1v) is 11.9. The van der Waals surface area contributed by atoms with E-state index in [-0.39, 0.29) is 40.4 Å². The SMILES string of the molecule is [C-]#[N+]c1cnn(-c2ncsn2)c1N=Nc1c(O)c(C(=O)N2CCSCC2)cc2ccccc12.